The molecule has 2 rings (SSSR count). The van der Waals surface area contributed by atoms with Gasteiger partial charge < -0.3 is 24.7 Å². The number of nitrogens with zero attached hydrogens (tertiary/aromatic N) is 2. The highest BCUT2D eigenvalue weighted by Gasteiger charge is 2.14. The zero-order valence-electron chi connectivity index (χ0n) is 16.4. The molecule has 0 spiro atoms. The van der Waals surface area contributed by atoms with Gasteiger partial charge in [0.2, 0.25) is 0 Å². The van der Waals surface area contributed by atoms with Crippen LogP contribution in [0.2, 0.25) is 0 Å². The SMILES string of the molecule is CN=C(NCCCOCc1ccco1)NCC(c1ccccc1)N(C)C.I. The Hall–Kier alpha value is -1.58. The highest BCUT2D eigenvalue weighted by Crippen LogP contribution is 2.16. The molecule has 0 fully saturated rings. The van der Waals surface area contributed by atoms with Crippen LogP contribution in [0.4, 0.5) is 0 Å². The smallest absolute Gasteiger partial charge is 0.191 e. The predicted octanol–water partition coefficient (Wildman–Crippen LogP) is 3.27. The van der Waals surface area contributed by atoms with Crippen molar-refractivity contribution in [3.63, 3.8) is 0 Å². The molecular formula is C20H31IN4O2. The van der Waals surface area contributed by atoms with Crippen LogP contribution in [-0.2, 0) is 11.3 Å². The Labute approximate surface area is 179 Å². The van der Waals surface area contributed by atoms with E-state index in [1.54, 1.807) is 13.3 Å². The van der Waals surface area contributed by atoms with Crippen LogP contribution in [-0.4, -0.2) is 51.7 Å². The van der Waals surface area contributed by atoms with Gasteiger partial charge in [-0.15, -0.1) is 24.0 Å². The van der Waals surface area contributed by atoms with E-state index in [0.717, 1.165) is 31.2 Å². The topological polar surface area (TPSA) is 62.0 Å². The van der Waals surface area contributed by atoms with Gasteiger partial charge in [-0.1, -0.05) is 30.3 Å². The summed E-state index contributed by atoms with van der Waals surface area (Å²) >= 11 is 0. The van der Waals surface area contributed by atoms with E-state index in [1.165, 1.54) is 5.56 Å². The van der Waals surface area contributed by atoms with Gasteiger partial charge in [0.15, 0.2) is 5.96 Å². The number of ether oxygens (including phenoxy) is 1. The standard InChI is InChI=1S/C20H30N4O2.HI/c1-21-20(22-12-8-13-25-16-18-11-7-14-26-18)23-15-19(24(2)3)17-9-5-4-6-10-17;/h4-7,9-11,14,19H,8,12-13,15-16H2,1-3H3,(H2,21,22,23);1H. The van der Waals surface area contributed by atoms with Gasteiger partial charge in [0, 0.05) is 26.7 Å². The van der Waals surface area contributed by atoms with E-state index in [2.05, 4.69) is 58.9 Å². The van der Waals surface area contributed by atoms with Crippen molar-refractivity contribution in [1.82, 2.24) is 15.5 Å². The van der Waals surface area contributed by atoms with E-state index in [9.17, 15) is 0 Å². The van der Waals surface area contributed by atoms with Gasteiger partial charge in [0.25, 0.3) is 0 Å². The zero-order chi connectivity index (χ0) is 18.6. The number of rotatable bonds is 10. The number of guanidine groups is 1. The first kappa shape index (κ1) is 23.5. The number of aliphatic imine (C=N–C) groups is 1. The average Bonchev–Trinajstić information content (AvgIpc) is 3.17. The lowest BCUT2D eigenvalue weighted by molar-refractivity contribution is 0.105. The van der Waals surface area contributed by atoms with E-state index in [1.807, 2.05) is 18.2 Å². The summed E-state index contributed by atoms with van der Waals surface area (Å²) in [6, 6.07) is 14.6. The maximum absolute atomic E-state index is 5.58. The summed E-state index contributed by atoms with van der Waals surface area (Å²) in [5.41, 5.74) is 1.28. The van der Waals surface area contributed by atoms with Gasteiger partial charge in [0.1, 0.15) is 12.4 Å². The monoisotopic (exact) mass is 486 g/mol. The fourth-order valence-electron chi connectivity index (χ4n) is 2.64. The molecule has 0 bridgehead atoms. The summed E-state index contributed by atoms with van der Waals surface area (Å²) in [5.74, 6) is 1.66. The van der Waals surface area contributed by atoms with Crippen molar-refractivity contribution in [3.05, 3.63) is 60.1 Å². The van der Waals surface area contributed by atoms with Gasteiger partial charge in [-0.05, 0) is 38.2 Å². The molecule has 0 aliphatic heterocycles. The molecule has 150 valence electrons. The second kappa shape index (κ2) is 13.6. The minimum atomic E-state index is 0. The lowest BCUT2D eigenvalue weighted by Crippen LogP contribution is -2.42. The number of hydrogen-bond acceptors (Lipinski definition) is 4. The third kappa shape index (κ3) is 8.77. The third-order valence-corrected chi connectivity index (χ3v) is 4.08. The van der Waals surface area contributed by atoms with Crippen LogP contribution in [0, 0.1) is 0 Å². The maximum atomic E-state index is 5.58. The highest BCUT2D eigenvalue weighted by molar-refractivity contribution is 14.0. The molecule has 0 saturated carbocycles. The predicted molar refractivity (Wildman–Crippen MR) is 121 cm³/mol. The summed E-state index contributed by atoms with van der Waals surface area (Å²) < 4.78 is 10.8. The molecule has 0 saturated heterocycles. The Balaban J connectivity index is 0.00000364. The second-order valence-electron chi connectivity index (χ2n) is 6.26. The van der Waals surface area contributed by atoms with Crippen molar-refractivity contribution in [2.24, 2.45) is 4.99 Å². The molecule has 2 N–H and O–H groups in total. The van der Waals surface area contributed by atoms with Gasteiger partial charge in [-0.25, -0.2) is 0 Å². The number of furan rings is 1. The number of likely N-dealkylation sites (N-methyl/N-ethyl adjacent to an activating group) is 1. The lowest BCUT2D eigenvalue weighted by atomic mass is 10.1. The normalized spacial score (nSPS) is 12.5. The van der Waals surface area contributed by atoms with Crippen LogP contribution in [0.25, 0.3) is 0 Å². The number of hydrogen-bond donors (Lipinski definition) is 2. The average molecular weight is 486 g/mol. The first-order valence-corrected chi connectivity index (χ1v) is 8.96. The first-order chi connectivity index (χ1) is 12.7. The second-order valence-corrected chi connectivity index (χ2v) is 6.26. The summed E-state index contributed by atoms with van der Waals surface area (Å²) in [5, 5.41) is 6.73. The minimum absolute atomic E-state index is 0. The van der Waals surface area contributed by atoms with Crippen LogP contribution >= 0.6 is 24.0 Å². The summed E-state index contributed by atoms with van der Waals surface area (Å²) in [6.07, 6.45) is 2.56. The summed E-state index contributed by atoms with van der Waals surface area (Å²) in [4.78, 5) is 6.50. The molecule has 1 aromatic carbocycles. The van der Waals surface area contributed by atoms with Crippen LogP contribution in [0.5, 0.6) is 0 Å². The summed E-state index contributed by atoms with van der Waals surface area (Å²) in [7, 11) is 5.97. The Morgan fingerprint density at radius 1 is 1.15 bits per heavy atom. The molecule has 1 atom stereocenters. The number of nitrogens with one attached hydrogen (secondary N) is 2. The van der Waals surface area contributed by atoms with E-state index in [0.29, 0.717) is 13.2 Å². The molecule has 2 aromatic rings. The van der Waals surface area contributed by atoms with Crippen LogP contribution in [0.3, 0.4) is 0 Å². The van der Waals surface area contributed by atoms with Crippen molar-refractivity contribution in [2.75, 3.05) is 40.8 Å². The van der Waals surface area contributed by atoms with Gasteiger partial charge in [-0.3, -0.25) is 4.99 Å². The molecule has 0 aliphatic carbocycles. The van der Waals surface area contributed by atoms with E-state index in [-0.39, 0.29) is 30.0 Å². The van der Waals surface area contributed by atoms with Crippen molar-refractivity contribution in [3.8, 4) is 0 Å². The zero-order valence-corrected chi connectivity index (χ0v) is 18.7. The fourth-order valence-corrected chi connectivity index (χ4v) is 2.64. The molecule has 6 nitrogen and oxygen atoms in total. The Morgan fingerprint density at radius 2 is 1.93 bits per heavy atom. The molecule has 7 heteroatoms. The van der Waals surface area contributed by atoms with E-state index < -0.39 is 0 Å². The number of benzene rings is 1. The van der Waals surface area contributed by atoms with Crippen molar-refractivity contribution >= 4 is 29.9 Å². The molecule has 1 heterocycles. The van der Waals surface area contributed by atoms with Crippen molar-refractivity contribution < 1.29 is 9.15 Å². The largest absolute Gasteiger partial charge is 0.467 e. The van der Waals surface area contributed by atoms with E-state index in [4.69, 9.17) is 9.15 Å². The summed E-state index contributed by atoms with van der Waals surface area (Å²) in [6.45, 7) is 2.78. The Morgan fingerprint density at radius 3 is 2.56 bits per heavy atom. The van der Waals surface area contributed by atoms with E-state index >= 15 is 0 Å². The minimum Gasteiger partial charge on any atom is -0.467 e. The van der Waals surface area contributed by atoms with Gasteiger partial charge in [0.05, 0.1) is 12.3 Å². The fraction of sp³-hybridized carbons (Fsp3) is 0.450. The quantitative estimate of drug-likeness (QED) is 0.234. The molecule has 1 aromatic heterocycles. The van der Waals surface area contributed by atoms with Gasteiger partial charge >= 0.3 is 0 Å². The maximum Gasteiger partial charge on any atom is 0.191 e. The first-order valence-electron chi connectivity index (χ1n) is 8.96. The molecule has 0 radical (unpaired) electrons. The molecule has 1 unspecified atom stereocenters. The number of halogens is 1. The van der Waals surface area contributed by atoms with Crippen molar-refractivity contribution in [2.45, 2.75) is 19.1 Å². The molecular weight excluding hydrogens is 455 g/mol. The van der Waals surface area contributed by atoms with Crippen LogP contribution in [0.1, 0.15) is 23.8 Å². The Kier molecular flexibility index (Phi) is 11.8. The van der Waals surface area contributed by atoms with Crippen molar-refractivity contribution in [1.29, 1.82) is 0 Å². The van der Waals surface area contributed by atoms with Crippen LogP contribution in [0.15, 0.2) is 58.1 Å². The molecule has 0 aliphatic rings. The molecule has 0 amide bonds. The van der Waals surface area contributed by atoms with Gasteiger partial charge in [-0.2, -0.15) is 0 Å². The molecule has 27 heavy (non-hydrogen) atoms. The lowest BCUT2D eigenvalue weighted by Gasteiger charge is -2.26. The highest BCUT2D eigenvalue weighted by atomic mass is 127. The Bertz CT molecular complexity index is 633. The third-order valence-electron chi connectivity index (χ3n) is 4.08. The van der Waals surface area contributed by atoms with Crippen LogP contribution < -0.4 is 10.6 Å².